The fraction of sp³-hybridized carbons (Fsp3) is 0.222. The highest BCUT2D eigenvalue weighted by Gasteiger charge is 2.03. The molecule has 0 amide bonds. The van der Waals surface area contributed by atoms with Crippen molar-refractivity contribution in [3.8, 4) is 11.1 Å². The molecule has 18 heavy (non-hydrogen) atoms. The van der Waals surface area contributed by atoms with Crippen LogP contribution in [0.25, 0.3) is 17.2 Å². The summed E-state index contributed by atoms with van der Waals surface area (Å²) in [6, 6.07) is 19.2. The van der Waals surface area contributed by atoms with E-state index in [4.69, 9.17) is 0 Å². The van der Waals surface area contributed by atoms with Crippen LogP contribution in [0.15, 0.2) is 60.7 Å². The average molecular weight is 236 g/mol. The summed E-state index contributed by atoms with van der Waals surface area (Å²) >= 11 is 0. The molecular weight excluding hydrogens is 216 g/mol. The Hall–Kier alpha value is -1.82. The van der Waals surface area contributed by atoms with E-state index in [-0.39, 0.29) is 5.41 Å². The molecule has 2 aromatic rings. The fourth-order valence-corrected chi connectivity index (χ4v) is 1.76. The Kier molecular flexibility index (Phi) is 3.66. The number of allylic oxidation sites excluding steroid dienone is 1. The summed E-state index contributed by atoms with van der Waals surface area (Å²) in [5.41, 5.74) is 4.02. The second kappa shape index (κ2) is 5.22. The Morgan fingerprint density at radius 1 is 0.722 bits per heavy atom. The van der Waals surface area contributed by atoms with Crippen LogP contribution in [0.4, 0.5) is 0 Å². The van der Waals surface area contributed by atoms with Crippen LogP contribution in [0, 0.1) is 5.41 Å². The molecule has 2 aromatic carbocycles. The van der Waals surface area contributed by atoms with E-state index in [0.717, 1.165) is 0 Å². The van der Waals surface area contributed by atoms with Crippen LogP contribution in [0.1, 0.15) is 26.3 Å². The van der Waals surface area contributed by atoms with E-state index in [0.29, 0.717) is 0 Å². The van der Waals surface area contributed by atoms with Crippen molar-refractivity contribution in [2.24, 2.45) is 5.41 Å². The first kappa shape index (κ1) is 12.6. The second-order valence-corrected chi connectivity index (χ2v) is 5.69. The quantitative estimate of drug-likeness (QED) is 0.653. The molecule has 0 aromatic heterocycles. The third-order valence-corrected chi connectivity index (χ3v) is 2.79. The van der Waals surface area contributed by atoms with Gasteiger partial charge in [-0.25, -0.2) is 0 Å². The van der Waals surface area contributed by atoms with Crippen LogP contribution in [0.3, 0.4) is 0 Å². The molecule has 0 spiro atoms. The van der Waals surface area contributed by atoms with Gasteiger partial charge >= 0.3 is 0 Å². The number of benzene rings is 2. The highest BCUT2D eigenvalue weighted by molar-refractivity contribution is 5.65. The molecule has 92 valence electrons. The zero-order valence-corrected chi connectivity index (χ0v) is 11.4. The standard InChI is InChI=1S/C18H20/c1-18(2,3)14-13-15-9-11-17(12-10-15)16-7-5-4-6-8-16/h4-14H,1-3H3/b14-13+. The van der Waals surface area contributed by atoms with Gasteiger partial charge in [0.2, 0.25) is 0 Å². The van der Waals surface area contributed by atoms with E-state index in [9.17, 15) is 0 Å². The van der Waals surface area contributed by atoms with Gasteiger partial charge in [0.1, 0.15) is 0 Å². The largest absolute Gasteiger partial charge is 0.0785 e. The van der Waals surface area contributed by atoms with Gasteiger partial charge in [-0.1, -0.05) is 87.5 Å². The maximum absolute atomic E-state index is 2.24. The van der Waals surface area contributed by atoms with E-state index in [2.05, 4.69) is 81.5 Å². The summed E-state index contributed by atoms with van der Waals surface area (Å²) in [5, 5.41) is 0. The molecule has 0 unspecified atom stereocenters. The van der Waals surface area contributed by atoms with Crippen molar-refractivity contribution in [2.45, 2.75) is 20.8 Å². The summed E-state index contributed by atoms with van der Waals surface area (Å²) in [7, 11) is 0. The topological polar surface area (TPSA) is 0 Å². The fourth-order valence-electron chi connectivity index (χ4n) is 1.76. The van der Waals surface area contributed by atoms with Crippen molar-refractivity contribution < 1.29 is 0 Å². The normalized spacial score (nSPS) is 11.9. The number of hydrogen-bond donors (Lipinski definition) is 0. The highest BCUT2D eigenvalue weighted by Crippen LogP contribution is 2.21. The molecule has 0 nitrogen and oxygen atoms in total. The minimum absolute atomic E-state index is 0.234. The molecule has 0 bridgehead atoms. The first-order valence-corrected chi connectivity index (χ1v) is 6.39. The van der Waals surface area contributed by atoms with Crippen LogP contribution < -0.4 is 0 Å². The van der Waals surface area contributed by atoms with E-state index < -0.39 is 0 Å². The predicted molar refractivity (Wildman–Crippen MR) is 80.4 cm³/mol. The van der Waals surface area contributed by atoms with Gasteiger partial charge in [-0.3, -0.25) is 0 Å². The summed E-state index contributed by atoms with van der Waals surface area (Å²) in [5.74, 6) is 0. The Morgan fingerprint density at radius 2 is 1.28 bits per heavy atom. The van der Waals surface area contributed by atoms with Gasteiger partial charge in [0.05, 0.1) is 0 Å². The van der Waals surface area contributed by atoms with Crippen molar-refractivity contribution in [3.05, 3.63) is 66.2 Å². The summed E-state index contributed by atoms with van der Waals surface area (Å²) in [6.45, 7) is 6.63. The minimum atomic E-state index is 0.234. The van der Waals surface area contributed by atoms with Crippen LogP contribution in [-0.4, -0.2) is 0 Å². The predicted octanol–water partition coefficient (Wildman–Crippen LogP) is 5.41. The van der Waals surface area contributed by atoms with Gasteiger partial charge in [0.25, 0.3) is 0 Å². The Labute approximate surface area is 110 Å². The molecule has 0 radical (unpaired) electrons. The monoisotopic (exact) mass is 236 g/mol. The molecule has 0 atom stereocenters. The molecule has 0 aliphatic carbocycles. The average Bonchev–Trinajstić information content (AvgIpc) is 2.37. The third-order valence-electron chi connectivity index (χ3n) is 2.79. The molecule has 0 saturated heterocycles. The Balaban J connectivity index is 2.19. The zero-order valence-electron chi connectivity index (χ0n) is 11.4. The van der Waals surface area contributed by atoms with E-state index in [1.165, 1.54) is 16.7 Å². The van der Waals surface area contributed by atoms with Gasteiger partial charge in [0.15, 0.2) is 0 Å². The minimum Gasteiger partial charge on any atom is -0.0785 e. The van der Waals surface area contributed by atoms with Crippen molar-refractivity contribution in [3.63, 3.8) is 0 Å². The zero-order chi connectivity index (χ0) is 13.0. The second-order valence-electron chi connectivity index (χ2n) is 5.69. The molecule has 0 aliphatic heterocycles. The molecule has 0 aliphatic rings. The Bertz CT molecular complexity index is 510. The van der Waals surface area contributed by atoms with Crippen molar-refractivity contribution in [1.82, 2.24) is 0 Å². The highest BCUT2D eigenvalue weighted by atomic mass is 14.1. The van der Waals surface area contributed by atoms with Crippen LogP contribution >= 0.6 is 0 Å². The molecule has 0 heteroatoms. The van der Waals surface area contributed by atoms with Crippen LogP contribution in [-0.2, 0) is 0 Å². The maximum atomic E-state index is 2.24. The van der Waals surface area contributed by atoms with E-state index >= 15 is 0 Å². The lowest BCUT2D eigenvalue weighted by molar-refractivity contribution is 0.547. The van der Waals surface area contributed by atoms with Crippen LogP contribution in [0.2, 0.25) is 0 Å². The summed E-state index contributed by atoms with van der Waals surface area (Å²) in [4.78, 5) is 0. The third kappa shape index (κ3) is 3.59. The summed E-state index contributed by atoms with van der Waals surface area (Å²) < 4.78 is 0. The van der Waals surface area contributed by atoms with Crippen molar-refractivity contribution in [2.75, 3.05) is 0 Å². The number of rotatable bonds is 2. The first-order chi connectivity index (χ1) is 8.54. The van der Waals surface area contributed by atoms with Gasteiger partial charge in [-0.05, 0) is 22.1 Å². The van der Waals surface area contributed by atoms with E-state index in [1.54, 1.807) is 0 Å². The number of hydrogen-bond acceptors (Lipinski definition) is 0. The molecule has 2 rings (SSSR count). The maximum Gasteiger partial charge on any atom is -0.0184 e. The van der Waals surface area contributed by atoms with Gasteiger partial charge in [-0.2, -0.15) is 0 Å². The lowest BCUT2D eigenvalue weighted by Gasteiger charge is -2.11. The van der Waals surface area contributed by atoms with Crippen molar-refractivity contribution in [1.29, 1.82) is 0 Å². The van der Waals surface area contributed by atoms with Gasteiger partial charge < -0.3 is 0 Å². The first-order valence-electron chi connectivity index (χ1n) is 6.39. The van der Waals surface area contributed by atoms with Gasteiger partial charge in [0, 0.05) is 0 Å². The smallest absolute Gasteiger partial charge is 0.0184 e. The molecular formula is C18H20. The Morgan fingerprint density at radius 3 is 1.83 bits per heavy atom. The lowest BCUT2D eigenvalue weighted by atomic mass is 9.95. The molecule has 0 N–H and O–H groups in total. The molecule has 0 saturated carbocycles. The molecule has 0 fully saturated rings. The summed E-state index contributed by atoms with van der Waals surface area (Å²) in [6.07, 6.45) is 4.43. The van der Waals surface area contributed by atoms with E-state index in [1.807, 2.05) is 6.07 Å². The van der Waals surface area contributed by atoms with Crippen LogP contribution in [0.5, 0.6) is 0 Å². The molecule has 0 heterocycles. The SMILES string of the molecule is CC(C)(C)/C=C/c1ccc(-c2ccccc2)cc1. The lowest BCUT2D eigenvalue weighted by Crippen LogP contribution is -1.97. The van der Waals surface area contributed by atoms with Gasteiger partial charge in [-0.15, -0.1) is 0 Å². The van der Waals surface area contributed by atoms with Crippen molar-refractivity contribution >= 4 is 6.08 Å².